The zero-order chi connectivity index (χ0) is 25.3. The fraction of sp³-hybridized carbons (Fsp3) is 0.346. The van der Waals surface area contributed by atoms with Gasteiger partial charge >= 0.3 is 0 Å². The van der Waals surface area contributed by atoms with Crippen LogP contribution in [0.25, 0.3) is 0 Å². The van der Waals surface area contributed by atoms with E-state index in [1.165, 1.54) is 16.7 Å². The van der Waals surface area contributed by atoms with Crippen LogP contribution < -0.4 is 10.6 Å². The molecule has 0 saturated carbocycles. The summed E-state index contributed by atoms with van der Waals surface area (Å²) in [6, 6.07) is 16.7. The second-order valence-corrected chi connectivity index (χ2v) is 9.25. The Bertz CT molecular complexity index is 1170. The monoisotopic (exact) mass is 507 g/mol. The van der Waals surface area contributed by atoms with Crippen LogP contribution in [0.2, 0.25) is 0 Å². The molecule has 2 heterocycles. The van der Waals surface area contributed by atoms with Crippen LogP contribution in [0.15, 0.2) is 64.6 Å². The lowest BCUT2D eigenvalue weighted by Crippen LogP contribution is -2.42. The van der Waals surface area contributed by atoms with E-state index in [0.717, 1.165) is 17.5 Å². The molecule has 0 aliphatic carbocycles. The van der Waals surface area contributed by atoms with Crippen molar-refractivity contribution in [2.75, 3.05) is 32.6 Å². The molecule has 2 aromatic rings. The lowest BCUT2D eigenvalue weighted by atomic mass is 10.1. The van der Waals surface area contributed by atoms with Crippen LogP contribution in [0.4, 0.5) is 5.69 Å². The molecule has 36 heavy (non-hydrogen) atoms. The Kier molecular flexibility index (Phi) is 8.85. The Morgan fingerprint density at radius 1 is 1.03 bits per heavy atom. The summed E-state index contributed by atoms with van der Waals surface area (Å²) in [6.45, 7) is 1.37. The molecule has 4 rings (SSSR count). The summed E-state index contributed by atoms with van der Waals surface area (Å²) in [5.74, 6) is 0.105. The molecular weight excluding hydrogens is 478 g/mol. The van der Waals surface area contributed by atoms with E-state index in [9.17, 15) is 14.4 Å². The van der Waals surface area contributed by atoms with E-state index in [4.69, 9.17) is 4.74 Å². The number of hydrogen-bond donors (Lipinski definition) is 2. The summed E-state index contributed by atoms with van der Waals surface area (Å²) in [5, 5.41) is 6.09. The Morgan fingerprint density at radius 3 is 2.58 bits per heavy atom. The molecule has 188 valence electrons. The quantitative estimate of drug-likeness (QED) is 0.453. The van der Waals surface area contributed by atoms with Crippen molar-refractivity contribution in [2.24, 2.45) is 9.98 Å². The molecule has 3 amide bonds. The smallest absolute Gasteiger partial charge is 0.259 e. The van der Waals surface area contributed by atoms with Crippen molar-refractivity contribution in [1.82, 2.24) is 15.5 Å². The van der Waals surface area contributed by atoms with E-state index < -0.39 is 6.04 Å². The Labute approximate surface area is 214 Å². The number of nitrogens with zero attached hydrogens (tertiary/aromatic N) is 3. The van der Waals surface area contributed by atoms with E-state index in [1.807, 2.05) is 54.6 Å². The predicted molar refractivity (Wildman–Crippen MR) is 140 cm³/mol. The molecule has 1 atom stereocenters. The molecule has 0 unspecified atom stereocenters. The fourth-order valence-electron chi connectivity index (χ4n) is 3.91. The van der Waals surface area contributed by atoms with Crippen LogP contribution in [-0.4, -0.2) is 72.2 Å². The third kappa shape index (κ3) is 6.38. The van der Waals surface area contributed by atoms with Crippen molar-refractivity contribution in [2.45, 2.75) is 25.3 Å². The summed E-state index contributed by atoms with van der Waals surface area (Å²) < 4.78 is 4.95. The van der Waals surface area contributed by atoms with Crippen molar-refractivity contribution in [1.29, 1.82) is 0 Å². The van der Waals surface area contributed by atoms with Crippen LogP contribution in [-0.2, 0) is 25.5 Å². The molecule has 0 bridgehead atoms. The first-order valence-corrected chi connectivity index (χ1v) is 12.8. The first kappa shape index (κ1) is 25.6. The number of carbonyl (C=O) groups excluding carboxylic acids is 3. The number of amidine groups is 2. The number of nitrogens with one attached hydrogen (secondary N) is 2. The number of fused-ring (bicyclic) bond motifs is 3. The maximum absolute atomic E-state index is 13.3. The van der Waals surface area contributed by atoms with Gasteiger partial charge in [0.15, 0.2) is 5.17 Å². The summed E-state index contributed by atoms with van der Waals surface area (Å²) in [6.07, 6.45) is 1.24. The summed E-state index contributed by atoms with van der Waals surface area (Å²) in [7, 11) is 1.57. The van der Waals surface area contributed by atoms with E-state index in [-0.39, 0.29) is 29.9 Å². The minimum Gasteiger partial charge on any atom is -0.383 e. The number of rotatable bonds is 11. The third-order valence-electron chi connectivity index (χ3n) is 5.73. The highest BCUT2D eigenvalue weighted by atomic mass is 32.2. The van der Waals surface area contributed by atoms with Gasteiger partial charge in [-0.1, -0.05) is 54.2 Å². The minimum absolute atomic E-state index is 0.107. The number of carbonyl (C=O) groups is 3. The highest BCUT2D eigenvalue weighted by Crippen LogP contribution is 2.34. The summed E-state index contributed by atoms with van der Waals surface area (Å²) >= 11 is 1.18. The molecule has 0 spiro atoms. The van der Waals surface area contributed by atoms with Gasteiger partial charge in [-0.25, -0.2) is 9.89 Å². The Hall–Kier alpha value is -3.50. The van der Waals surface area contributed by atoms with Gasteiger partial charge in [0.1, 0.15) is 11.9 Å². The highest BCUT2D eigenvalue weighted by molar-refractivity contribution is 8.14. The van der Waals surface area contributed by atoms with Gasteiger partial charge in [-0.2, -0.15) is 0 Å². The van der Waals surface area contributed by atoms with Gasteiger partial charge in [-0.15, -0.1) is 0 Å². The van der Waals surface area contributed by atoms with Gasteiger partial charge in [0.25, 0.3) is 5.91 Å². The molecular formula is C26H29N5O4S. The third-order valence-corrected chi connectivity index (χ3v) is 6.67. The van der Waals surface area contributed by atoms with Gasteiger partial charge in [0.05, 0.1) is 18.0 Å². The number of para-hydroxylation sites is 1. The van der Waals surface area contributed by atoms with Gasteiger partial charge in [0.2, 0.25) is 11.8 Å². The lowest BCUT2D eigenvalue weighted by Gasteiger charge is -2.25. The van der Waals surface area contributed by atoms with Crippen molar-refractivity contribution in [3.8, 4) is 0 Å². The number of ether oxygens (including phenoxy) is 1. The SMILES string of the molecule is COCCNC(=O)CSC1=Nc2ccccc2C2=N[C@H](CCC(=O)NCCc3ccccc3)C(=O)N12. The molecule has 2 N–H and O–H groups in total. The molecule has 10 heteroatoms. The van der Waals surface area contributed by atoms with Crippen LogP contribution in [0, 0.1) is 0 Å². The molecule has 9 nitrogen and oxygen atoms in total. The fourth-order valence-corrected chi connectivity index (χ4v) is 4.74. The van der Waals surface area contributed by atoms with Crippen LogP contribution in [0.3, 0.4) is 0 Å². The van der Waals surface area contributed by atoms with E-state index in [0.29, 0.717) is 42.8 Å². The molecule has 2 aliphatic heterocycles. The van der Waals surface area contributed by atoms with Crippen LogP contribution in [0.1, 0.15) is 24.0 Å². The van der Waals surface area contributed by atoms with Crippen molar-refractivity contribution in [3.63, 3.8) is 0 Å². The minimum atomic E-state index is -0.674. The number of benzene rings is 2. The summed E-state index contributed by atoms with van der Waals surface area (Å²) in [4.78, 5) is 48.6. The summed E-state index contributed by atoms with van der Waals surface area (Å²) in [5.41, 5.74) is 2.61. The number of methoxy groups -OCH3 is 1. The van der Waals surface area contributed by atoms with Crippen molar-refractivity contribution in [3.05, 3.63) is 65.7 Å². The average molecular weight is 508 g/mol. The first-order valence-electron chi connectivity index (χ1n) is 11.9. The maximum Gasteiger partial charge on any atom is 0.259 e. The number of hydrogen-bond acceptors (Lipinski definition) is 7. The van der Waals surface area contributed by atoms with E-state index >= 15 is 0 Å². The Morgan fingerprint density at radius 2 is 1.78 bits per heavy atom. The zero-order valence-electron chi connectivity index (χ0n) is 20.1. The molecule has 0 radical (unpaired) electrons. The second-order valence-electron chi connectivity index (χ2n) is 8.31. The maximum atomic E-state index is 13.3. The number of thioether (sulfide) groups is 1. The van der Waals surface area contributed by atoms with Crippen molar-refractivity contribution < 1.29 is 19.1 Å². The molecule has 2 aromatic carbocycles. The van der Waals surface area contributed by atoms with Gasteiger partial charge in [0, 0.05) is 32.2 Å². The zero-order valence-corrected chi connectivity index (χ0v) is 20.9. The van der Waals surface area contributed by atoms with Gasteiger partial charge in [-0.3, -0.25) is 19.4 Å². The van der Waals surface area contributed by atoms with Gasteiger partial charge < -0.3 is 15.4 Å². The second kappa shape index (κ2) is 12.5. The normalized spacial score (nSPS) is 16.1. The molecule has 0 fully saturated rings. The average Bonchev–Trinajstić information content (AvgIpc) is 3.23. The lowest BCUT2D eigenvalue weighted by molar-refractivity contribution is -0.125. The highest BCUT2D eigenvalue weighted by Gasteiger charge is 2.41. The molecule has 0 saturated heterocycles. The number of amides is 3. The van der Waals surface area contributed by atoms with E-state index in [1.54, 1.807) is 7.11 Å². The van der Waals surface area contributed by atoms with Crippen molar-refractivity contribution >= 4 is 46.2 Å². The standard InChI is InChI=1S/C26H29N5O4S/c1-35-16-15-28-23(33)17-36-26-30-20-10-6-5-9-19(20)24-29-21(25(34)31(24)26)11-12-22(32)27-14-13-18-7-3-2-4-8-18/h2-10,21H,11-17H2,1H3,(H,27,32)(H,28,33)/t21-/m1/s1. The molecule has 2 aliphatic rings. The largest absolute Gasteiger partial charge is 0.383 e. The topological polar surface area (TPSA) is 112 Å². The van der Waals surface area contributed by atoms with Crippen LogP contribution in [0.5, 0.6) is 0 Å². The van der Waals surface area contributed by atoms with E-state index in [2.05, 4.69) is 20.6 Å². The van der Waals surface area contributed by atoms with Crippen LogP contribution >= 0.6 is 11.8 Å². The van der Waals surface area contributed by atoms with Gasteiger partial charge in [-0.05, 0) is 30.5 Å². The molecule has 0 aromatic heterocycles. The predicted octanol–water partition coefficient (Wildman–Crippen LogP) is 2.28. The first-order chi connectivity index (χ1) is 17.6. The number of aliphatic imine (C=N–C) groups is 2. The Balaban J connectivity index is 1.36.